The van der Waals surface area contributed by atoms with Gasteiger partial charge in [-0.3, -0.25) is 13.9 Å². The Balaban J connectivity index is 1.82. The molecule has 0 amide bonds. The van der Waals surface area contributed by atoms with Gasteiger partial charge in [-0.05, 0) is 26.6 Å². The summed E-state index contributed by atoms with van der Waals surface area (Å²) in [5, 5.41) is 3.41. The number of hydrogen-bond donors (Lipinski definition) is 1. The molecule has 11 nitrogen and oxygen atoms in total. The smallest absolute Gasteiger partial charge is 0.279 e. The van der Waals surface area contributed by atoms with Gasteiger partial charge in [-0.15, -0.1) is 0 Å². The minimum Gasteiger partial charge on any atom is -0.369 e. The molecule has 2 aromatic heterocycles. The lowest BCUT2D eigenvalue weighted by Crippen LogP contribution is -2.26. The largest absolute Gasteiger partial charge is 0.369 e. The second-order valence-corrected chi connectivity index (χ2v) is 10.9. The van der Waals surface area contributed by atoms with Crippen LogP contribution in [-0.2, 0) is 14.0 Å². The van der Waals surface area contributed by atoms with Gasteiger partial charge in [-0.1, -0.05) is 13.4 Å². The normalized spacial score (nSPS) is 23.7. The van der Waals surface area contributed by atoms with Crippen molar-refractivity contribution >= 4 is 35.5 Å². The van der Waals surface area contributed by atoms with Crippen molar-refractivity contribution in [3.05, 3.63) is 32.9 Å². The van der Waals surface area contributed by atoms with Gasteiger partial charge in [0.15, 0.2) is 19.3 Å². The third kappa shape index (κ3) is 4.26. The first-order valence-electron chi connectivity index (χ1n) is 7.65. The predicted molar refractivity (Wildman–Crippen MR) is 99.4 cm³/mol. The van der Waals surface area contributed by atoms with E-state index in [0.29, 0.717) is 40.3 Å². The van der Waals surface area contributed by atoms with Crippen LogP contribution in [0, 0.1) is 6.92 Å². The molecule has 26 heavy (non-hydrogen) atoms. The van der Waals surface area contributed by atoms with Crippen LogP contribution in [0.5, 0.6) is 0 Å². The van der Waals surface area contributed by atoms with Gasteiger partial charge in [0.1, 0.15) is 18.8 Å². The number of aryl methyl sites for hydroxylation is 1. The molecular formula is C12H16N7O4P3. The van der Waals surface area contributed by atoms with E-state index in [1.54, 1.807) is 11.5 Å². The molecule has 0 saturated carbocycles. The number of azide groups is 1. The Morgan fingerprint density at radius 3 is 3.27 bits per heavy atom. The SMILES string of the molecule is Cc1nc2c(ncn2[C@H]2C[C@@H](OCN=[N+]=[N-])[C@@H](CPPP=O)O2)c(=O)[nH]1. The highest BCUT2D eigenvalue weighted by Crippen LogP contribution is 2.48. The van der Waals surface area contributed by atoms with Crippen molar-refractivity contribution in [2.45, 2.75) is 31.8 Å². The first-order valence-corrected chi connectivity index (χ1v) is 12.5. The molecule has 1 fully saturated rings. The van der Waals surface area contributed by atoms with E-state index in [4.69, 9.17) is 15.0 Å². The van der Waals surface area contributed by atoms with Crippen LogP contribution < -0.4 is 5.56 Å². The summed E-state index contributed by atoms with van der Waals surface area (Å²) in [7, 11) is 0.952. The van der Waals surface area contributed by atoms with Gasteiger partial charge in [-0.25, -0.2) is 9.97 Å². The van der Waals surface area contributed by atoms with Crippen LogP contribution in [0.25, 0.3) is 21.6 Å². The van der Waals surface area contributed by atoms with Crippen LogP contribution >= 0.6 is 24.4 Å². The van der Waals surface area contributed by atoms with Gasteiger partial charge in [0.2, 0.25) is 0 Å². The lowest BCUT2D eigenvalue weighted by molar-refractivity contribution is -0.0236. The molecule has 0 spiro atoms. The highest BCUT2D eigenvalue weighted by Gasteiger charge is 2.37. The van der Waals surface area contributed by atoms with Crippen LogP contribution in [0.15, 0.2) is 16.2 Å². The fraction of sp³-hybridized carbons (Fsp3) is 0.583. The summed E-state index contributed by atoms with van der Waals surface area (Å²) in [4.78, 5) is 25.8. The monoisotopic (exact) mass is 415 g/mol. The third-order valence-corrected chi connectivity index (χ3v) is 8.34. The van der Waals surface area contributed by atoms with E-state index in [1.165, 1.54) is 6.33 Å². The van der Waals surface area contributed by atoms with E-state index < -0.39 is 6.23 Å². The number of aromatic amines is 1. The fourth-order valence-corrected chi connectivity index (χ4v) is 6.00. The number of aromatic nitrogens is 4. The summed E-state index contributed by atoms with van der Waals surface area (Å²) >= 11 is 0. The van der Waals surface area contributed by atoms with Crippen LogP contribution in [0.1, 0.15) is 18.5 Å². The Labute approximate surface area is 152 Å². The zero-order valence-corrected chi connectivity index (χ0v) is 16.6. The molecule has 1 aliphatic heterocycles. The maximum Gasteiger partial charge on any atom is 0.279 e. The molecule has 1 saturated heterocycles. The summed E-state index contributed by atoms with van der Waals surface area (Å²) in [5.74, 6) is 0.493. The van der Waals surface area contributed by atoms with Crippen LogP contribution in [0.4, 0.5) is 0 Å². The minimum atomic E-state index is -0.396. The number of H-pyrrole nitrogens is 1. The topological polar surface area (TPSA) is 148 Å². The minimum absolute atomic E-state index is 0.0827. The Hall–Kier alpha value is -1.46. The van der Waals surface area contributed by atoms with E-state index in [9.17, 15) is 9.36 Å². The summed E-state index contributed by atoms with van der Waals surface area (Å²) in [5.41, 5.74) is 8.82. The molecule has 138 valence electrons. The van der Waals surface area contributed by atoms with Crippen LogP contribution in [-0.4, -0.2) is 44.6 Å². The maximum absolute atomic E-state index is 12.0. The molecule has 0 radical (unpaired) electrons. The van der Waals surface area contributed by atoms with Gasteiger partial charge in [-0.2, -0.15) is 0 Å². The number of ether oxygens (including phenoxy) is 2. The molecule has 0 bridgehead atoms. The van der Waals surface area contributed by atoms with Crippen LogP contribution in [0.3, 0.4) is 0 Å². The zero-order valence-electron chi connectivity index (χ0n) is 13.7. The van der Waals surface area contributed by atoms with E-state index in [2.05, 4.69) is 25.0 Å². The lowest BCUT2D eigenvalue weighted by Gasteiger charge is -2.17. The summed E-state index contributed by atoms with van der Waals surface area (Å²) < 4.78 is 24.1. The van der Waals surface area contributed by atoms with Crippen molar-refractivity contribution in [1.82, 2.24) is 19.5 Å². The number of hydrogen-bond acceptors (Lipinski definition) is 7. The average molecular weight is 415 g/mol. The quantitative estimate of drug-likeness (QED) is 0.230. The number of nitrogens with zero attached hydrogens (tertiary/aromatic N) is 6. The molecule has 0 aliphatic carbocycles. The molecule has 3 heterocycles. The van der Waals surface area contributed by atoms with E-state index in [-0.39, 0.29) is 38.2 Å². The molecule has 1 N–H and O–H groups in total. The summed E-state index contributed by atoms with van der Waals surface area (Å²) in [6.45, 7) is 1.62. The lowest BCUT2D eigenvalue weighted by atomic mass is 10.2. The summed E-state index contributed by atoms with van der Waals surface area (Å²) in [6, 6.07) is 0. The second-order valence-electron chi connectivity index (χ2n) is 5.49. The van der Waals surface area contributed by atoms with Gasteiger partial charge < -0.3 is 14.5 Å². The Bertz CT molecular complexity index is 897. The van der Waals surface area contributed by atoms with Gasteiger partial charge in [0, 0.05) is 11.3 Å². The van der Waals surface area contributed by atoms with Crippen LogP contribution in [0.2, 0.25) is 0 Å². The molecule has 14 heteroatoms. The van der Waals surface area contributed by atoms with E-state index in [0.717, 1.165) is 0 Å². The molecule has 2 unspecified atom stereocenters. The van der Waals surface area contributed by atoms with Gasteiger partial charge in [0.25, 0.3) is 5.56 Å². The van der Waals surface area contributed by atoms with E-state index >= 15 is 0 Å². The molecule has 0 aromatic carbocycles. The number of rotatable bonds is 8. The molecular weight excluding hydrogens is 399 g/mol. The maximum atomic E-state index is 12.0. The van der Waals surface area contributed by atoms with Crippen molar-refractivity contribution in [3.8, 4) is 0 Å². The average Bonchev–Trinajstić information content (AvgIpc) is 3.19. The Morgan fingerprint density at radius 2 is 2.50 bits per heavy atom. The molecule has 1 aliphatic rings. The molecule has 5 atom stereocenters. The zero-order chi connectivity index (χ0) is 18.5. The first kappa shape index (κ1) is 19.3. The molecule has 2 aromatic rings. The predicted octanol–water partition coefficient (Wildman–Crippen LogP) is 2.85. The molecule has 3 rings (SSSR count). The van der Waals surface area contributed by atoms with Gasteiger partial charge in [0.05, 0.1) is 18.5 Å². The van der Waals surface area contributed by atoms with Crippen molar-refractivity contribution in [2.75, 3.05) is 12.9 Å². The third-order valence-electron chi connectivity index (χ3n) is 3.88. The second kappa shape index (κ2) is 8.96. The number of nitrogens with one attached hydrogen (secondary N) is 1. The van der Waals surface area contributed by atoms with Crippen molar-refractivity contribution in [2.24, 2.45) is 5.11 Å². The van der Waals surface area contributed by atoms with E-state index in [1.807, 2.05) is 0 Å². The fourth-order valence-electron chi connectivity index (χ4n) is 2.81. The van der Waals surface area contributed by atoms with Crippen molar-refractivity contribution < 1.29 is 14.0 Å². The number of imidazole rings is 1. The first-order chi connectivity index (χ1) is 12.6. The van der Waals surface area contributed by atoms with Crippen molar-refractivity contribution in [1.29, 1.82) is 0 Å². The highest BCUT2D eigenvalue weighted by atomic mass is 32.4. The Kier molecular flexibility index (Phi) is 6.65. The highest BCUT2D eigenvalue weighted by molar-refractivity contribution is 8.40. The van der Waals surface area contributed by atoms with Gasteiger partial charge >= 0.3 is 0 Å². The van der Waals surface area contributed by atoms with Crippen molar-refractivity contribution in [3.63, 3.8) is 0 Å². The number of fused-ring (bicyclic) bond motifs is 1. The standard InChI is InChI=1S/C12H16N7O4P3/c1-6-16-11-10(12(20)17-6)14-4-19(11)9-2-7(22-5-15-18-13)8(23-9)3-24-26-25-21/h4,7-9,24,26H,2-3,5H2,1H3,(H,16,17,20)/t7-,8-,9-/m1/s1. The summed E-state index contributed by atoms with van der Waals surface area (Å²) in [6.07, 6.45) is 1.85. The Morgan fingerprint density at radius 1 is 1.65 bits per heavy atom.